The summed E-state index contributed by atoms with van der Waals surface area (Å²) in [4.78, 5) is 17.3. The SMILES string of the molecule is Cc1cc(C(=O)O)cnc1N(C)CC1CCOCC1. The van der Waals surface area contributed by atoms with Crippen molar-refractivity contribution in [2.75, 3.05) is 31.7 Å². The zero-order valence-electron chi connectivity index (χ0n) is 11.4. The maximum atomic E-state index is 10.9. The highest BCUT2D eigenvalue weighted by atomic mass is 16.5. The number of aromatic carboxylic acids is 1. The summed E-state index contributed by atoms with van der Waals surface area (Å²) in [5.74, 6) is 0.546. The van der Waals surface area contributed by atoms with E-state index in [1.807, 2.05) is 14.0 Å². The summed E-state index contributed by atoms with van der Waals surface area (Å²) in [6.45, 7) is 4.50. The molecule has 0 radical (unpaired) electrons. The summed E-state index contributed by atoms with van der Waals surface area (Å²) < 4.78 is 5.35. The molecule has 1 N–H and O–H groups in total. The van der Waals surface area contributed by atoms with Crippen molar-refractivity contribution in [2.45, 2.75) is 19.8 Å². The number of nitrogens with zero attached hydrogens (tertiary/aromatic N) is 2. The lowest BCUT2D eigenvalue weighted by Crippen LogP contribution is -2.30. The van der Waals surface area contributed by atoms with Gasteiger partial charge in [-0.25, -0.2) is 9.78 Å². The zero-order chi connectivity index (χ0) is 13.8. The molecule has 104 valence electrons. The lowest BCUT2D eigenvalue weighted by molar-refractivity contribution is 0.0683. The van der Waals surface area contributed by atoms with Crippen LogP contribution in [0.25, 0.3) is 0 Å². The third-order valence-electron chi connectivity index (χ3n) is 3.53. The van der Waals surface area contributed by atoms with E-state index in [2.05, 4.69) is 9.88 Å². The summed E-state index contributed by atoms with van der Waals surface area (Å²) >= 11 is 0. The lowest BCUT2D eigenvalue weighted by atomic mass is 10.00. The van der Waals surface area contributed by atoms with Gasteiger partial charge in [0.25, 0.3) is 0 Å². The van der Waals surface area contributed by atoms with Gasteiger partial charge in [0.1, 0.15) is 5.82 Å². The molecule has 0 saturated carbocycles. The topological polar surface area (TPSA) is 62.7 Å². The van der Waals surface area contributed by atoms with Crippen molar-refractivity contribution >= 4 is 11.8 Å². The van der Waals surface area contributed by atoms with Crippen LogP contribution in [-0.2, 0) is 4.74 Å². The molecule has 5 nitrogen and oxygen atoms in total. The molecule has 19 heavy (non-hydrogen) atoms. The van der Waals surface area contributed by atoms with Crippen LogP contribution in [0.1, 0.15) is 28.8 Å². The second kappa shape index (κ2) is 6.02. The first-order valence-electron chi connectivity index (χ1n) is 6.56. The van der Waals surface area contributed by atoms with Gasteiger partial charge in [0.2, 0.25) is 0 Å². The fourth-order valence-electron chi connectivity index (χ4n) is 2.49. The Kier molecular flexibility index (Phi) is 4.37. The lowest BCUT2D eigenvalue weighted by Gasteiger charge is -2.28. The minimum absolute atomic E-state index is 0.237. The number of carbonyl (C=O) groups is 1. The highest BCUT2D eigenvalue weighted by molar-refractivity contribution is 5.87. The van der Waals surface area contributed by atoms with Gasteiger partial charge >= 0.3 is 5.97 Å². The number of ether oxygens (including phenoxy) is 1. The van der Waals surface area contributed by atoms with E-state index in [9.17, 15) is 4.79 Å². The number of rotatable bonds is 4. The molecule has 1 fully saturated rings. The Bertz CT molecular complexity index is 456. The van der Waals surface area contributed by atoms with Crippen LogP contribution in [0.4, 0.5) is 5.82 Å². The van der Waals surface area contributed by atoms with Gasteiger partial charge in [-0.2, -0.15) is 0 Å². The van der Waals surface area contributed by atoms with Crippen LogP contribution in [0.3, 0.4) is 0 Å². The van der Waals surface area contributed by atoms with E-state index in [4.69, 9.17) is 9.84 Å². The summed E-state index contributed by atoms with van der Waals surface area (Å²) in [5.41, 5.74) is 1.13. The van der Waals surface area contributed by atoms with E-state index in [0.717, 1.165) is 44.0 Å². The molecule has 1 aliphatic rings. The number of hydrogen-bond acceptors (Lipinski definition) is 4. The predicted octanol–water partition coefficient (Wildman–Crippen LogP) is 1.95. The van der Waals surface area contributed by atoms with Gasteiger partial charge in [-0.15, -0.1) is 0 Å². The Morgan fingerprint density at radius 3 is 2.79 bits per heavy atom. The van der Waals surface area contributed by atoms with Gasteiger partial charge in [-0.3, -0.25) is 0 Å². The first-order chi connectivity index (χ1) is 9.08. The molecule has 0 amide bonds. The van der Waals surface area contributed by atoms with Gasteiger partial charge in [0.15, 0.2) is 0 Å². The van der Waals surface area contributed by atoms with Crippen LogP contribution in [0.2, 0.25) is 0 Å². The normalized spacial score (nSPS) is 16.3. The van der Waals surface area contributed by atoms with Crippen LogP contribution < -0.4 is 4.90 Å². The summed E-state index contributed by atoms with van der Waals surface area (Å²) in [6, 6.07) is 1.67. The molecule has 1 aromatic heterocycles. The van der Waals surface area contributed by atoms with Gasteiger partial charge in [-0.05, 0) is 37.3 Å². The first kappa shape index (κ1) is 13.8. The molecule has 1 saturated heterocycles. The third-order valence-corrected chi connectivity index (χ3v) is 3.53. The molecule has 1 aromatic rings. The van der Waals surface area contributed by atoms with Gasteiger partial charge in [0.05, 0.1) is 5.56 Å². The molecule has 0 aliphatic carbocycles. The molecule has 5 heteroatoms. The third kappa shape index (κ3) is 3.44. The van der Waals surface area contributed by atoms with Crippen molar-refractivity contribution in [3.8, 4) is 0 Å². The van der Waals surface area contributed by atoms with Gasteiger partial charge < -0.3 is 14.7 Å². The fraction of sp³-hybridized carbons (Fsp3) is 0.571. The van der Waals surface area contributed by atoms with E-state index >= 15 is 0 Å². The van der Waals surface area contributed by atoms with Crippen LogP contribution >= 0.6 is 0 Å². The number of carboxylic acids is 1. The fourth-order valence-corrected chi connectivity index (χ4v) is 2.49. The molecule has 2 heterocycles. The van der Waals surface area contributed by atoms with Crippen molar-refractivity contribution in [1.29, 1.82) is 0 Å². The highest BCUT2D eigenvalue weighted by Gasteiger charge is 2.18. The van der Waals surface area contributed by atoms with Crippen molar-refractivity contribution in [1.82, 2.24) is 4.98 Å². The van der Waals surface area contributed by atoms with E-state index in [0.29, 0.717) is 5.92 Å². The predicted molar refractivity (Wildman–Crippen MR) is 72.7 cm³/mol. The average molecular weight is 264 g/mol. The van der Waals surface area contributed by atoms with Crippen molar-refractivity contribution in [2.24, 2.45) is 5.92 Å². The Labute approximate surface area is 113 Å². The number of pyridine rings is 1. The van der Waals surface area contributed by atoms with Gasteiger partial charge in [-0.1, -0.05) is 0 Å². The minimum atomic E-state index is -0.936. The molecule has 0 atom stereocenters. The Balaban J connectivity index is 2.05. The number of anilines is 1. The molecular formula is C14H20N2O3. The number of hydrogen-bond donors (Lipinski definition) is 1. The maximum Gasteiger partial charge on any atom is 0.337 e. The van der Waals surface area contributed by atoms with Crippen molar-refractivity contribution < 1.29 is 14.6 Å². The van der Waals surface area contributed by atoms with Crippen LogP contribution in [0.5, 0.6) is 0 Å². The standard InChI is InChI=1S/C14H20N2O3/c1-10-7-12(14(17)18)8-15-13(10)16(2)9-11-3-5-19-6-4-11/h7-8,11H,3-6,9H2,1-2H3,(H,17,18). The van der Waals surface area contributed by atoms with E-state index in [-0.39, 0.29) is 5.56 Å². The molecule has 0 unspecified atom stereocenters. The second-order valence-corrected chi connectivity index (χ2v) is 5.11. The maximum absolute atomic E-state index is 10.9. The summed E-state index contributed by atoms with van der Waals surface area (Å²) in [5, 5.41) is 8.93. The molecule has 0 bridgehead atoms. The quantitative estimate of drug-likeness (QED) is 0.900. The van der Waals surface area contributed by atoms with Gasteiger partial charge in [0, 0.05) is 33.0 Å². The molecule has 1 aliphatic heterocycles. The van der Waals surface area contributed by atoms with Crippen molar-refractivity contribution in [3.63, 3.8) is 0 Å². The minimum Gasteiger partial charge on any atom is -0.478 e. The largest absolute Gasteiger partial charge is 0.478 e. The number of aromatic nitrogens is 1. The molecular weight excluding hydrogens is 244 g/mol. The summed E-state index contributed by atoms with van der Waals surface area (Å²) in [6.07, 6.45) is 3.58. The highest BCUT2D eigenvalue weighted by Crippen LogP contribution is 2.21. The number of carboxylic acid groups (broad SMARTS) is 1. The molecule has 0 aromatic carbocycles. The molecule has 2 rings (SSSR count). The van der Waals surface area contributed by atoms with Crippen LogP contribution in [0, 0.1) is 12.8 Å². The summed E-state index contributed by atoms with van der Waals surface area (Å²) in [7, 11) is 2.01. The average Bonchev–Trinajstić information content (AvgIpc) is 2.39. The van der Waals surface area contributed by atoms with E-state index in [1.165, 1.54) is 6.20 Å². The van der Waals surface area contributed by atoms with Crippen LogP contribution in [-0.4, -0.2) is 42.9 Å². The van der Waals surface area contributed by atoms with E-state index < -0.39 is 5.97 Å². The van der Waals surface area contributed by atoms with E-state index in [1.54, 1.807) is 6.07 Å². The monoisotopic (exact) mass is 264 g/mol. The Hall–Kier alpha value is -1.62. The number of aryl methyl sites for hydroxylation is 1. The Morgan fingerprint density at radius 2 is 2.21 bits per heavy atom. The van der Waals surface area contributed by atoms with Crippen LogP contribution in [0.15, 0.2) is 12.3 Å². The van der Waals surface area contributed by atoms with Crippen molar-refractivity contribution in [3.05, 3.63) is 23.4 Å². The molecule has 0 spiro atoms. The Morgan fingerprint density at radius 1 is 1.53 bits per heavy atom. The second-order valence-electron chi connectivity index (χ2n) is 5.11. The smallest absolute Gasteiger partial charge is 0.337 e. The first-order valence-corrected chi connectivity index (χ1v) is 6.56. The zero-order valence-corrected chi connectivity index (χ0v) is 11.4.